The van der Waals surface area contributed by atoms with Gasteiger partial charge in [-0.3, -0.25) is 10.1 Å². The number of nitrogens with one attached hydrogen (secondary N) is 3. The standard InChI is InChI=1S/C18H27N5O3S/c24-15(20-17(25)19-9-8-14-6-2-1-3-7-14)13-27-18-22-21-16(26-18)12-23-10-4-5-11-23/h6H,1-5,7-13H2,(H2,19,20,24,25)/p+1. The van der Waals surface area contributed by atoms with E-state index in [1.54, 1.807) is 0 Å². The summed E-state index contributed by atoms with van der Waals surface area (Å²) >= 11 is 1.15. The third kappa shape index (κ3) is 6.99. The third-order valence-corrected chi connectivity index (χ3v) is 5.68. The smallest absolute Gasteiger partial charge is 0.321 e. The lowest BCUT2D eigenvalue weighted by Crippen LogP contribution is -3.08. The molecule has 0 aromatic carbocycles. The summed E-state index contributed by atoms with van der Waals surface area (Å²) in [5.41, 5.74) is 1.39. The van der Waals surface area contributed by atoms with Crippen molar-refractivity contribution in [3.05, 3.63) is 17.5 Å². The molecule has 2 heterocycles. The molecule has 1 aromatic heterocycles. The zero-order chi connectivity index (χ0) is 18.9. The quantitative estimate of drug-likeness (QED) is 0.450. The highest BCUT2D eigenvalue weighted by Crippen LogP contribution is 2.19. The molecule has 0 spiro atoms. The molecule has 3 amide bonds. The lowest BCUT2D eigenvalue weighted by atomic mass is 9.97. The minimum absolute atomic E-state index is 0.0662. The van der Waals surface area contributed by atoms with Crippen molar-refractivity contribution in [1.82, 2.24) is 20.8 Å². The first-order valence-corrected chi connectivity index (χ1v) is 10.7. The third-order valence-electron chi connectivity index (χ3n) is 4.86. The number of thioether (sulfide) groups is 1. The molecular weight excluding hydrogens is 366 g/mol. The van der Waals surface area contributed by atoms with E-state index in [2.05, 4.69) is 26.9 Å². The van der Waals surface area contributed by atoms with Gasteiger partial charge in [0.25, 0.3) is 11.1 Å². The van der Waals surface area contributed by atoms with Gasteiger partial charge in [-0.05, 0) is 32.1 Å². The number of carbonyl (C=O) groups excluding carboxylic acids is 2. The number of rotatable bonds is 8. The highest BCUT2D eigenvalue weighted by molar-refractivity contribution is 7.99. The van der Waals surface area contributed by atoms with Gasteiger partial charge in [0.2, 0.25) is 5.91 Å². The average molecular weight is 395 g/mol. The van der Waals surface area contributed by atoms with Crippen LogP contribution in [-0.2, 0) is 11.3 Å². The Bertz CT molecular complexity index is 670. The SMILES string of the molecule is O=C(CSc1nnc(C[NH+]2CCCC2)o1)NC(=O)NCCC1=CCCCC1. The maximum atomic E-state index is 11.9. The summed E-state index contributed by atoms with van der Waals surface area (Å²) in [5, 5.41) is 13.4. The fourth-order valence-corrected chi connectivity index (χ4v) is 4.02. The molecule has 1 aromatic rings. The number of imide groups is 1. The number of hydrogen-bond acceptors (Lipinski definition) is 6. The van der Waals surface area contributed by atoms with E-state index in [4.69, 9.17) is 4.42 Å². The molecule has 1 saturated heterocycles. The number of urea groups is 1. The number of nitrogens with zero attached hydrogens (tertiary/aromatic N) is 2. The zero-order valence-electron chi connectivity index (χ0n) is 15.6. The Kier molecular flexibility index (Phi) is 7.70. The van der Waals surface area contributed by atoms with Crippen LogP contribution in [0.1, 0.15) is 50.8 Å². The molecule has 0 saturated carbocycles. The topological polar surface area (TPSA) is 102 Å². The molecule has 27 heavy (non-hydrogen) atoms. The molecule has 148 valence electrons. The van der Waals surface area contributed by atoms with Crippen LogP contribution in [-0.4, -0.2) is 47.5 Å². The van der Waals surface area contributed by atoms with Gasteiger partial charge in [-0.1, -0.05) is 23.4 Å². The molecular formula is C18H28N5O3S+. The Morgan fingerprint density at radius 2 is 2.04 bits per heavy atom. The van der Waals surface area contributed by atoms with Crippen molar-refractivity contribution in [2.24, 2.45) is 0 Å². The first kappa shape index (κ1) is 19.9. The van der Waals surface area contributed by atoms with E-state index >= 15 is 0 Å². The van der Waals surface area contributed by atoms with Crippen LogP contribution in [0.3, 0.4) is 0 Å². The van der Waals surface area contributed by atoms with Gasteiger partial charge in [0.05, 0.1) is 18.8 Å². The van der Waals surface area contributed by atoms with Crippen molar-refractivity contribution in [1.29, 1.82) is 0 Å². The van der Waals surface area contributed by atoms with Crippen molar-refractivity contribution in [3.8, 4) is 0 Å². The molecule has 0 radical (unpaired) electrons. The fourth-order valence-electron chi connectivity index (χ4n) is 3.44. The monoisotopic (exact) mass is 394 g/mol. The number of quaternary nitrogens is 1. The molecule has 9 heteroatoms. The maximum Gasteiger partial charge on any atom is 0.321 e. The van der Waals surface area contributed by atoms with Crippen LogP contribution in [0.25, 0.3) is 0 Å². The number of amides is 3. The molecule has 0 unspecified atom stereocenters. The number of allylic oxidation sites excluding steroid dienone is 1. The van der Waals surface area contributed by atoms with Crippen LogP contribution in [0.4, 0.5) is 4.79 Å². The van der Waals surface area contributed by atoms with Crippen LogP contribution < -0.4 is 15.5 Å². The Balaban J connectivity index is 1.30. The van der Waals surface area contributed by atoms with Crippen LogP contribution in [0.15, 0.2) is 21.3 Å². The fraction of sp³-hybridized carbons (Fsp3) is 0.667. The van der Waals surface area contributed by atoms with Crippen molar-refractivity contribution < 1.29 is 18.9 Å². The number of likely N-dealkylation sites (tertiary alicyclic amines) is 1. The van der Waals surface area contributed by atoms with E-state index in [0.29, 0.717) is 17.7 Å². The molecule has 0 atom stereocenters. The summed E-state index contributed by atoms with van der Waals surface area (Å²) in [7, 11) is 0. The first-order chi connectivity index (χ1) is 13.2. The number of hydrogen-bond donors (Lipinski definition) is 3. The van der Waals surface area contributed by atoms with Gasteiger partial charge in [-0.2, -0.15) is 0 Å². The Labute approximate surface area is 163 Å². The predicted molar refractivity (Wildman–Crippen MR) is 101 cm³/mol. The molecule has 3 rings (SSSR count). The van der Waals surface area contributed by atoms with Gasteiger partial charge < -0.3 is 14.6 Å². The summed E-state index contributed by atoms with van der Waals surface area (Å²) in [6.45, 7) is 3.56. The zero-order valence-corrected chi connectivity index (χ0v) is 16.4. The number of carbonyl (C=O) groups is 2. The summed E-state index contributed by atoms with van der Waals surface area (Å²) in [6.07, 6.45) is 10.3. The lowest BCUT2D eigenvalue weighted by Gasteiger charge is -2.13. The van der Waals surface area contributed by atoms with Crippen LogP contribution in [0.2, 0.25) is 0 Å². The van der Waals surface area contributed by atoms with Gasteiger partial charge in [0.15, 0.2) is 6.54 Å². The van der Waals surface area contributed by atoms with Crippen LogP contribution in [0, 0.1) is 0 Å². The molecule has 1 aliphatic carbocycles. The van der Waals surface area contributed by atoms with Crippen molar-refractivity contribution in [2.45, 2.75) is 56.7 Å². The molecule has 1 aliphatic heterocycles. The van der Waals surface area contributed by atoms with E-state index in [9.17, 15) is 9.59 Å². The Hall–Kier alpha value is -1.87. The molecule has 3 N–H and O–H groups in total. The van der Waals surface area contributed by atoms with Gasteiger partial charge in [-0.25, -0.2) is 4.79 Å². The highest BCUT2D eigenvalue weighted by Gasteiger charge is 2.19. The van der Waals surface area contributed by atoms with E-state index in [1.165, 1.54) is 36.2 Å². The second-order valence-corrected chi connectivity index (χ2v) is 7.97. The summed E-state index contributed by atoms with van der Waals surface area (Å²) in [6, 6.07) is -0.458. The maximum absolute atomic E-state index is 11.9. The second kappa shape index (κ2) is 10.5. The van der Waals surface area contributed by atoms with Gasteiger partial charge in [-0.15, -0.1) is 10.2 Å². The summed E-state index contributed by atoms with van der Waals surface area (Å²) in [4.78, 5) is 25.1. The van der Waals surface area contributed by atoms with Crippen molar-refractivity contribution in [3.63, 3.8) is 0 Å². The first-order valence-electron chi connectivity index (χ1n) is 9.73. The summed E-state index contributed by atoms with van der Waals surface area (Å²) in [5.74, 6) is 0.292. The molecule has 1 fully saturated rings. The van der Waals surface area contributed by atoms with Crippen LogP contribution in [0.5, 0.6) is 0 Å². The van der Waals surface area contributed by atoms with Gasteiger partial charge in [0, 0.05) is 19.4 Å². The van der Waals surface area contributed by atoms with Gasteiger partial charge in [0.1, 0.15) is 0 Å². The molecule has 2 aliphatic rings. The minimum Gasteiger partial charge on any atom is -0.410 e. The predicted octanol–water partition coefficient (Wildman–Crippen LogP) is 1.06. The normalized spacial score (nSPS) is 17.6. The largest absolute Gasteiger partial charge is 0.410 e. The Morgan fingerprint density at radius 3 is 2.81 bits per heavy atom. The van der Waals surface area contributed by atoms with E-state index < -0.39 is 6.03 Å². The highest BCUT2D eigenvalue weighted by atomic mass is 32.2. The van der Waals surface area contributed by atoms with E-state index in [-0.39, 0.29) is 11.7 Å². The molecule has 8 nitrogen and oxygen atoms in total. The van der Waals surface area contributed by atoms with Crippen molar-refractivity contribution in [2.75, 3.05) is 25.4 Å². The second-order valence-electron chi connectivity index (χ2n) is 7.05. The molecule has 0 bridgehead atoms. The van der Waals surface area contributed by atoms with Crippen LogP contribution >= 0.6 is 11.8 Å². The average Bonchev–Trinajstić information content (AvgIpc) is 3.33. The summed E-state index contributed by atoms with van der Waals surface area (Å²) < 4.78 is 5.57. The van der Waals surface area contributed by atoms with Crippen molar-refractivity contribution >= 4 is 23.7 Å². The van der Waals surface area contributed by atoms with Gasteiger partial charge >= 0.3 is 6.03 Å². The van der Waals surface area contributed by atoms with E-state index in [1.807, 2.05) is 0 Å². The number of aromatic nitrogens is 2. The lowest BCUT2D eigenvalue weighted by molar-refractivity contribution is -0.902. The Morgan fingerprint density at radius 1 is 1.19 bits per heavy atom. The minimum atomic E-state index is -0.458. The van der Waals surface area contributed by atoms with E-state index in [0.717, 1.165) is 50.7 Å².